The van der Waals surface area contributed by atoms with Gasteiger partial charge in [-0.05, 0) is 12.8 Å². The van der Waals surface area contributed by atoms with E-state index in [1.807, 2.05) is 4.57 Å². The van der Waals surface area contributed by atoms with E-state index in [4.69, 9.17) is 9.63 Å². The fourth-order valence-electron chi connectivity index (χ4n) is 1.90. The normalized spacial score (nSPS) is 14.6. The molecule has 0 bridgehead atoms. The Morgan fingerprint density at radius 2 is 2.35 bits per heavy atom. The Balaban J connectivity index is 1.74. The summed E-state index contributed by atoms with van der Waals surface area (Å²) in [6.07, 6.45) is 4.17. The molecule has 0 aliphatic heterocycles. The van der Waals surface area contributed by atoms with Crippen LogP contribution in [0.1, 0.15) is 30.5 Å². The summed E-state index contributed by atoms with van der Waals surface area (Å²) >= 11 is 1.18. The molecule has 1 aliphatic carbocycles. The lowest BCUT2D eigenvalue weighted by atomic mass is 10.3. The van der Waals surface area contributed by atoms with Gasteiger partial charge in [0.25, 0.3) is 0 Å². The van der Waals surface area contributed by atoms with Crippen LogP contribution >= 0.6 is 11.8 Å². The van der Waals surface area contributed by atoms with E-state index in [0.29, 0.717) is 29.9 Å². The highest BCUT2D eigenvalue weighted by Crippen LogP contribution is 2.40. The number of aliphatic carboxylic acids is 1. The maximum absolute atomic E-state index is 10.7. The molecule has 2 aromatic rings. The van der Waals surface area contributed by atoms with Crippen molar-refractivity contribution in [2.75, 3.05) is 5.75 Å². The Hall–Kier alpha value is -1.90. The molecule has 20 heavy (non-hydrogen) atoms. The van der Waals surface area contributed by atoms with Gasteiger partial charge in [0.05, 0.1) is 5.75 Å². The molecule has 0 aromatic carbocycles. The second-order valence-corrected chi connectivity index (χ2v) is 5.48. The zero-order valence-electron chi connectivity index (χ0n) is 10.6. The molecule has 1 N–H and O–H groups in total. The molecule has 0 atom stereocenters. The van der Waals surface area contributed by atoms with Crippen LogP contribution < -0.4 is 0 Å². The predicted molar refractivity (Wildman–Crippen MR) is 68.4 cm³/mol. The Morgan fingerprint density at radius 3 is 3.00 bits per heavy atom. The maximum atomic E-state index is 10.7. The summed E-state index contributed by atoms with van der Waals surface area (Å²) in [5.74, 6) is 1.04. The third-order valence-corrected chi connectivity index (χ3v) is 3.92. The van der Waals surface area contributed by atoms with Gasteiger partial charge < -0.3 is 14.2 Å². The second-order valence-electron chi connectivity index (χ2n) is 4.53. The van der Waals surface area contributed by atoms with Crippen molar-refractivity contribution in [3.05, 3.63) is 18.0 Å². The van der Waals surface area contributed by atoms with Gasteiger partial charge in [-0.1, -0.05) is 16.9 Å². The van der Waals surface area contributed by atoms with Gasteiger partial charge in [-0.2, -0.15) is 4.98 Å². The summed E-state index contributed by atoms with van der Waals surface area (Å²) in [6, 6.07) is 0. The quantitative estimate of drug-likeness (QED) is 0.752. The van der Waals surface area contributed by atoms with Crippen molar-refractivity contribution >= 4 is 17.7 Å². The summed E-state index contributed by atoms with van der Waals surface area (Å²) in [7, 11) is 0. The molecule has 8 nitrogen and oxygen atoms in total. The number of aromatic nitrogens is 5. The summed E-state index contributed by atoms with van der Waals surface area (Å²) in [6.45, 7) is 0.614. The number of thioether (sulfide) groups is 1. The molecular weight excluding hydrogens is 282 g/mol. The monoisotopic (exact) mass is 295 g/mol. The van der Waals surface area contributed by atoms with Crippen LogP contribution in [0.3, 0.4) is 0 Å². The van der Waals surface area contributed by atoms with Crippen LogP contribution in [-0.4, -0.2) is 41.7 Å². The number of hydrogen-bond donors (Lipinski definition) is 1. The number of carboxylic acid groups (broad SMARTS) is 1. The molecule has 0 amide bonds. The Kier molecular flexibility index (Phi) is 3.68. The minimum atomic E-state index is -0.866. The maximum Gasteiger partial charge on any atom is 0.313 e. The van der Waals surface area contributed by atoms with E-state index in [1.165, 1.54) is 18.1 Å². The number of aryl methyl sites for hydroxylation is 1. The summed E-state index contributed by atoms with van der Waals surface area (Å²) in [5, 5.41) is 21.2. The van der Waals surface area contributed by atoms with Crippen molar-refractivity contribution < 1.29 is 14.4 Å². The van der Waals surface area contributed by atoms with Crippen molar-refractivity contribution in [3.63, 3.8) is 0 Å². The molecule has 1 aliphatic rings. The Morgan fingerprint density at radius 1 is 1.50 bits per heavy atom. The standard InChI is InChI=1S/C11H13N5O3S/c17-9(18)5-20-11-15-14-10(7-1-2-7)16(11)4-3-8-12-6-13-19-8/h6-7H,1-5H2,(H,17,18). The minimum absolute atomic E-state index is 0.0244. The third-order valence-electron chi connectivity index (χ3n) is 2.97. The molecule has 0 saturated heterocycles. The lowest BCUT2D eigenvalue weighted by molar-refractivity contribution is -0.133. The van der Waals surface area contributed by atoms with Crippen LogP contribution in [0.2, 0.25) is 0 Å². The Labute approximate surface area is 118 Å². The first-order valence-electron chi connectivity index (χ1n) is 6.27. The number of carboxylic acids is 1. The van der Waals surface area contributed by atoms with Gasteiger partial charge in [0, 0.05) is 18.9 Å². The van der Waals surface area contributed by atoms with Gasteiger partial charge in [0.15, 0.2) is 11.5 Å². The minimum Gasteiger partial charge on any atom is -0.481 e. The molecule has 106 valence electrons. The lowest BCUT2D eigenvalue weighted by Crippen LogP contribution is -2.08. The predicted octanol–water partition coefficient (Wildman–Crippen LogP) is 0.958. The molecule has 0 radical (unpaired) electrons. The zero-order chi connectivity index (χ0) is 13.9. The highest BCUT2D eigenvalue weighted by Gasteiger charge is 2.30. The van der Waals surface area contributed by atoms with Crippen LogP contribution in [0, 0.1) is 0 Å². The number of rotatable bonds is 7. The summed E-state index contributed by atoms with van der Waals surface area (Å²) in [4.78, 5) is 14.6. The molecule has 2 heterocycles. The molecular formula is C11H13N5O3S. The van der Waals surface area contributed by atoms with Crippen molar-refractivity contribution in [2.24, 2.45) is 0 Å². The van der Waals surface area contributed by atoms with Crippen LogP contribution in [0.25, 0.3) is 0 Å². The third kappa shape index (κ3) is 2.98. The van der Waals surface area contributed by atoms with Crippen molar-refractivity contribution in [1.82, 2.24) is 24.9 Å². The SMILES string of the molecule is O=C(O)CSc1nnc(C2CC2)n1CCc1ncno1. The second kappa shape index (κ2) is 5.61. The zero-order valence-corrected chi connectivity index (χ0v) is 11.4. The van der Waals surface area contributed by atoms with Crippen molar-refractivity contribution in [2.45, 2.75) is 36.9 Å². The molecule has 0 unspecified atom stereocenters. The molecule has 3 rings (SSSR count). The van der Waals surface area contributed by atoms with E-state index in [0.717, 1.165) is 18.7 Å². The molecule has 2 aromatic heterocycles. The first-order chi connectivity index (χ1) is 9.74. The Bertz CT molecular complexity index is 593. The fraction of sp³-hybridized carbons (Fsp3) is 0.545. The number of hydrogen-bond acceptors (Lipinski definition) is 7. The topological polar surface area (TPSA) is 107 Å². The van der Waals surface area contributed by atoms with Gasteiger partial charge in [0.2, 0.25) is 5.89 Å². The smallest absolute Gasteiger partial charge is 0.313 e. The van der Waals surface area contributed by atoms with Gasteiger partial charge in [-0.15, -0.1) is 10.2 Å². The number of nitrogens with zero attached hydrogens (tertiary/aromatic N) is 5. The lowest BCUT2D eigenvalue weighted by Gasteiger charge is -2.07. The number of carbonyl (C=O) groups is 1. The summed E-state index contributed by atoms with van der Waals surface area (Å²) in [5.41, 5.74) is 0. The van der Waals surface area contributed by atoms with E-state index in [-0.39, 0.29) is 5.75 Å². The molecule has 0 spiro atoms. The molecule has 1 saturated carbocycles. The van der Waals surface area contributed by atoms with E-state index in [9.17, 15) is 4.79 Å². The largest absolute Gasteiger partial charge is 0.481 e. The van der Waals surface area contributed by atoms with Gasteiger partial charge >= 0.3 is 5.97 Å². The van der Waals surface area contributed by atoms with E-state index >= 15 is 0 Å². The first kappa shape index (κ1) is 13.1. The van der Waals surface area contributed by atoms with Crippen molar-refractivity contribution in [3.8, 4) is 0 Å². The average molecular weight is 295 g/mol. The van der Waals surface area contributed by atoms with Crippen molar-refractivity contribution in [1.29, 1.82) is 0 Å². The van der Waals surface area contributed by atoms with Crippen LogP contribution in [0.5, 0.6) is 0 Å². The van der Waals surface area contributed by atoms with E-state index < -0.39 is 5.97 Å². The summed E-state index contributed by atoms with van der Waals surface area (Å²) < 4.78 is 6.94. The average Bonchev–Trinajstić information content (AvgIpc) is 2.99. The van der Waals surface area contributed by atoms with Crippen LogP contribution in [0.15, 0.2) is 16.0 Å². The van der Waals surface area contributed by atoms with E-state index in [1.54, 1.807) is 0 Å². The van der Waals surface area contributed by atoms with Crippen LogP contribution in [-0.2, 0) is 17.8 Å². The van der Waals surface area contributed by atoms with E-state index in [2.05, 4.69) is 20.3 Å². The highest BCUT2D eigenvalue weighted by atomic mass is 32.2. The first-order valence-corrected chi connectivity index (χ1v) is 7.26. The fourth-order valence-corrected chi connectivity index (χ4v) is 2.59. The van der Waals surface area contributed by atoms with Crippen LogP contribution in [0.4, 0.5) is 0 Å². The van der Waals surface area contributed by atoms with Gasteiger partial charge in [-0.25, -0.2) is 0 Å². The molecule has 1 fully saturated rings. The van der Waals surface area contributed by atoms with Gasteiger partial charge in [-0.3, -0.25) is 4.79 Å². The molecule has 9 heteroatoms. The van der Waals surface area contributed by atoms with Gasteiger partial charge in [0.1, 0.15) is 5.82 Å². The highest BCUT2D eigenvalue weighted by molar-refractivity contribution is 7.99.